The summed E-state index contributed by atoms with van der Waals surface area (Å²) in [5.41, 5.74) is -0.898. The molecule has 1 aromatic carbocycles. The quantitative estimate of drug-likeness (QED) is 0.911. The van der Waals surface area contributed by atoms with Crippen LogP contribution in [0.4, 0.5) is 4.39 Å². The van der Waals surface area contributed by atoms with Crippen LogP contribution in [0, 0.1) is 17.1 Å². The van der Waals surface area contributed by atoms with Crippen molar-refractivity contribution in [3.05, 3.63) is 34.6 Å². The Labute approximate surface area is 111 Å². The van der Waals surface area contributed by atoms with Crippen LogP contribution in [0.5, 0.6) is 0 Å². The largest absolute Gasteiger partial charge is 0.334 e. The molecule has 0 aliphatic heterocycles. The molecule has 0 bridgehead atoms. The van der Waals surface area contributed by atoms with Crippen LogP contribution in [0.2, 0.25) is 5.02 Å². The average Bonchev–Trinajstić information content (AvgIpc) is 2.39. The van der Waals surface area contributed by atoms with Crippen molar-refractivity contribution in [1.29, 1.82) is 5.26 Å². The van der Waals surface area contributed by atoms with Crippen LogP contribution in [-0.4, -0.2) is 11.4 Å². The fourth-order valence-electron chi connectivity index (χ4n) is 1.58. The average molecular weight is 269 g/mol. The number of hydrogen-bond acceptors (Lipinski definition) is 2. The second kappa shape index (κ2) is 5.83. The van der Waals surface area contributed by atoms with E-state index in [1.165, 1.54) is 18.2 Å². The second-order valence-electron chi connectivity index (χ2n) is 3.96. The van der Waals surface area contributed by atoms with Gasteiger partial charge in [0.1, 0.15) is 11.4 Å². The number of rotatable bonds is 4. The summed E-state index contributed by atoms with van der Waals surface area (Å²) >= 11 is 5.73. The van der Waals surface area contributed by atoms with Gasteiger partial charge in [0.25, 0.3) is 5.91 Å². The normalized spacial score (nSPS) is 10.8. The number of hydrogen-bond donors (Lipinski definition) is 1. The zero-order valence-electron chi connectivity index (χ0n) is 10.3. The highest BCUT2D eigenvalue weighted by atomic mass is 35.5. The van der Waals surface area contributed by atoms with Crippen LogP contribution in [0.3, 0.4) is 0 Å². The standard InChI is InChI=1S/C13H14ClFN2O/c1-3-13(4-2,8-16)17-12(18)9-6-5-7-10(15)11(9)14/h5-7H,3-4H2,1-2H3,(H,17,18). The predicted octanol–water partition coefficient (Wildman–Crippen LogP) is 3.29. The van der Waals surface area contributed by atoms with Gasteiger partial charge in [-0.1, -0.05) is 31.5 Å². The molecule has 0 aliphatic rings. The van der Waals surface area contributed by atoms with Crippen molar-refractivity contribution in [1.82, 2.24) is 5.32 Å². The number of halogens is 2. The molecule has 0 spiro atoms. The van der Waals surface area contributed by atoms with Crippen LogP contribution in [0.25, 0.3) is 0 Å². The topological polar surface area (TPSA) is 52.9 Å². The number of carbonyl (C=O) groups is 1. The third-order valence-corrected chi connectivity index (χ3v) is 3.35. The molecule has 96 valence electrons. The van der Waals surface area contributed by atoms with Crippen LogP contribution in [0.1, 0.15) is 37.0 Å². The van der Waals surface area contributed by atoms with Crippen molar-refractivity contribution < 1.29 is 9.18 Å². The van der Waals surface area contributed by atoms with Crippen LogP contribution in [0.15, 0.2) is 18.2 Å². The van der Waals surface area contributed by atoms with Crippen molar-refractivity contribution in [2.24, 2.45) is 0 Å². The number of amides is 1. The number of nitriles is 1. The van der Waals surface area contributed by atoms with E-state index in [1.54, 1.807) is 13.8 Å². The van der Waals surface area contributed by atoms with Gasteiger partial charge in [-0.15, -0.1) is 0 Å². The summed E-state index contributed by atoms with van der Waals surface area (Å²) in [7, 11) is 0. The van der Waals surface area contributed by atoms with Gasteiger partial charge in [-0.3, -0.25) is 4.79 Å². The Hall–Kier alpha value is -1.60. The molecule has 0 heterocycles. The van der Waals surface area contributed by atoms with Gasteiger partial charge in [-0.2, -0.15) is 5.26 Å². The molecule has 3 nitrogen and oxygen atoms in total. The fourth-order valence-corrected chi connectivity index (χ4v) is 1.79. The summed E-state index contributed by atoms with van der Waals surface area (Å²) in [6, 6.07) is 6.09. The van der Waals surface area contributed by atoms with Gasteiger partial charge in [0.15, 0.2) is 0 Å². The lowest BCUT2D eigenvalue weighted by Gasteiger charge is -2.25. The highest BCUT2D eigenvalue weighted by Crippen LogP contribution is 2.21. The Morgan fingerprint density at radius 2 is 2.11 bits per heavy atom. The molecule has 0 radical (unpaired) electrons. The van der Waals surface area contributed by atoms with Gasteiger partial charge >= 0.3 is 0 Å². The number of carbonyl (C=O) groups excluding carboxylic acids is 1. The van der Waals surface area contributed by atoms with Crippen LogP contribution < -0.4 is 5.32 Å². The van der Waals surface area contributed by atoms with E-state index in [1.807, 2.05) is 0 Å². The van der Waals surface area contributed by atoms with E-state index in [9.17, 15) is 9.18 Å². The van der Waals surface area contributed by atoms with Crippen LogP contribution in [-0.2, 0) is 0 Å². The number of benzene rings is 1. The smallest absolute Gasteiger partial charge is 0.254 e. The lowest BCUT2D eigenvalue weighted by atomic mass is 9.94. The first-order valence-electron chi connectivity index (χ1n) is 5.67. The van der Waals surface area contributed by atoms with E-state index in [4.69, 9.17) is 16.9 Å². The molecule has 0 saturated carbocycles. The Balaban J connectivity index is 3.03. The molecule has 0 atom stereocenters. The maximum absolute atomic E-state index is 13.2. The van der Waals surface area contributed by atoms with Gasteiger partial charge in [0.2, 0.25) is 0 Å². The Bertz CT molecular complexity index is 492. The molecule has 18 heavy (non-hydrogen) atoms. The van der Waals surface area contributed by atoms with Crippen molar-refractivity contribution in [3.8, 4) is 6.07 Å². The molecule has 0 saturated heterocycles. The molecule has 1 N–H and O–H groups in total. The maximum atomic E-state index is 13.2. The van der Waals surface area contributed by atoms with E-state index in [-0.39, 0.29) is 10.6 Å². The second-order valence-corrected chi connectivity index (χ2v) is 4.33. The Morgan fingerprint density at radius 1 is 1.50 bits per heavy atom. The van der Waals surface area contributed by atoms with Crippen molar-refractivity contribution >= 4 is 17.5 Å². The molecule has 1 rings (SSSR count). The minimum atomic E-state index is -0.938. The minimum absolute atomic E-state index is 0.0400. The molecule has 0 unspecified atom stereocenters. The predicted molar refractivity (Wildman–Crippen MR) is 67.8 cm³/mol. The Kier molecular flexibility index (Phi) is 4.69. The van der Waals surface area contributed by atoms with Crippen LogP contribution >= 0.6 is 11.6 Å². The van der Waals surface area contributed by atoms with Crippen molar-refractivity contribution in [3.63, 3.8) is 0 Å². The first-order valence-corrected chi connectivity index (χ1v) is 6.05. The summed E-state index contributed by atoms with van der Waals surface area (Å²) in [5.74, 6) is -1.19. The molecule has 0 fully saturated rings. The van der Waals surface area contributed by atoms with Crippen molar-refractivity contribution in [2.45, 2.75) is 32.2 Å². The van der Waals surface area contributed by atoms with Gasteiger partial charge < -0.3 is 5.32 Å². The van der Waals surface area contributed by atoms with E-state index in [0.29, 0.717) is 12.8 Å². The summed E-state index contributed by atoms with van der Waals surface area (Å²) in [6.45, 7) is 3.61. The third-order valence-electron chi connectivity index (χ3n) is 2.97. The molecular formula is C13H14ClFN2O. The lowest BCUT2D eigenvalue weighted by molar-refractivity contribution is 0.0915. The van der Waals surface area contributed by atoms with E-state index in [0.717, 1.165) is 0 Å². The minimum Gasteiger partial charge on any atom is -0.334 e. The maximum Gasteiger partial charge on any atom is 0.254 e. The third kappa shape index (κ3) is 2.80. The summed E-state index contributed by atoms with van der Waals surface area (Å²) < 4.78 is 13.2. The van der Waals surface area contributed by atoms with Gasteiger partial charge in [-0.05, 0) is 25.0 Å². The first kappa shape index (κ1) is 14.5. The molecule has 0 aliphatic carbocycles. The zero-order chi connectivity index (χ0) is 13.8. The lowest BCUT2D eigenvalue weighted by Crippen LogP contribution is -2.46. The monoisotopic (exact) mass is 268 g/mol. The SMILES string of the molecule is CCC(C#N)(CC)NC(=O)c1cccc(F)c1Cl. The van der Waals surface area contributed by atoms with Gasteiger partial charge in [0, 0.05) is 0 Å². The molecule has 5 heteroatoms. The van der Waals surface area contributed by atoms with Crippen molar-refractivity contribution in [2.75, 3.05) is 0 Å². The Morgan fingerprint density at radius 3 is 2.61 bits per heavy atom. The molecule has 1 amide bonds. The number of nitrogens with zero attached hydrogens (tertiary/aromatic N) is 1. The highest BCUT2D eigenvalue weighted by molar-refractivity contribution is 6.34. The summed E-state index contributed by atoms with van der Waals surface area (Å²) in [4.78, 5) is 12.0. The first-order chi connectivity index (χ1) is 8.49. The number of nitrogens with one attached hydrogen (secondary N) is 1. The van der Waals surface area contributed by atoms with E-state index in [2.05, 4.69) is 11.4 Å². The summed E-state index contributed by atoms with van der Waals surface area (Å²) in [6.07, 6.45) is 0.942. The molecule has 0 aromatic heterocycles. The summed E-state index contributed by atoms with van der Waals surface area (Å²) in [5, 5.41) is 11.5. The molecule has 1 aromatic rings. The highest BCUT2D eigenvalue weighted by Gasteiger charge is 2.29. The van der Waals surface area contributed by atoms with Gasteiger partial charge in [-0.25, -0.2) is 4.39 Å². The van der Waals surface area contributed by atoms with E-state index >= 15 is 0 Å². The fraction of sp³-hybridized carbons (Fsp3) is 0.385. The zero-order valence-corrected chi connectivity index (χ0v) is 11.0. The molecular weight excluding hydrogens is 255 g/mol. The van der Waals surface area contributed by atoms with Gasteiger partial charge in [0.05, 0.1) is 16.7 Å². The van der Waals surface area contributed by atoms with E-state index < -0.39 is 17.3 Å².